The fourth-order valence-corrected chi connectivity index (χ4v) is 4.85. The van der Waals surface area contributed by atoms with E-state index in [9.17, 15) is 9.59 Å². The number of hydrogen-bond acceptors (Lipinski definition) is 8. The van der Waals surface area contributed by atoms with Crippen molar-refractivity contribution >= 4 is 46.7 Å². The molecule has 1 saturated heterocycles. The number of carbonyl (C=O) groups is 2. The van der Waals surface area contributed by atoms with Gasteiger partial charge >= 0.3 is 0 Å². The highest BCUT2D eigenvalue weighted by atomic mass is 35.5. The topological polar surface area (TPSA) is 118 Å². The number of aromatic nitrogens is 3. The Morgan fingerprint density at radius 2 is 2.00 bits per heavy atom. The molecule has 2 aromatic heterocycles. The monoisotopic (exact) mass is 507 g/mol. The van der Waals surface area contributed by atoms with Crippen LogP contribution in [-0.4, -0.2) is 51.1 Å². The highest BCUT2D eigenvalue weighted by molar-refractivity contribution is 6.36. The number of hydrogen-bond donors (Lipinski definition) is 1. The Kier molecular flexibility index (Phi) is 7.21. The van der Waals surface area contributed by atoms with Crippen LogP contribution in [0, 0.1) is 12.8 Å². The van der Waals surface area contributed by atoms with Gasteiger partial charge in [-0.15, -0.1) is 0 Å². The average molecular weight is 508 g/mol. The quantitative estimate of drug-likeness (QED) is 0.478. The number of amidine groups is 1. The lowest BCUT2D eigenvalue weighted by Crippen LogP contribution is -2.59. The number of nitrogen functional groups attached to an aromatic ring is 1. The van der Waals surface area contributed by atoms with Crippen LogP contribution in [0.25, 0.3) is 0 Å². The van der Waals surface area contributed by atoms with E-state index in [1.165, 1.54) is 13.1 Å². The van der Waals surface area contributed by atoms with Crippen LogP contribution in [0.4, 0.5) is 17.6 Å². The van der Waals surface area contributed by atoms with Gasteiger partial charge in [0.2, 0.25) is 5.95 Å². The molecule has 1 fully saturated rings. The van der Waals surface area contributed by atoms with E-state index in [0.717, 1.165) is 5.69 Å². The molecule has 3 atom stereocenters. The van der Waals surface area contributed by atoms with Crippen molar-refractivity contribution in [1.29, 1.82) is 0 Å². The van der Waals surface area contributed by atoms with Gasteiger partial charge in [0.1, 0.15) is 17.5 Å². The Morgan fingerprint density at radius 3 is 2.61 bits per heavy atom. The largest absolute Gasteiger partial charge is 0.368 e. The number of halogens is 1. The molecule has 2 aliphatic rings. The second-order valence-corrected chi connectivity index (χ2v) is 9.48. The van der Waals surface area contributed by atoms with E-state index in [2.05, 4.69) is 15.0 Å². The van der Waals surface area contributed by atoms with Crippen molar-refractivity contribution in [2.24, 2.45) is 10.9 Å². The van der Waals surface area contributed by atoms with E-state index >= 15 is 0 Å². The maximum atomic E-state index is 14.2. The Morgan fingerprint density at radius 1 is 1.25 bits per heavy atom. The highest BCUT2D eigenvalue weighted by Gasteiger charge is 2.44. The van der Waals surface area contributed by atoms with Crippen molar-refractivity contribution in [3.05, 3.63) is 58.4 Å². The van der Waals surface area contributed by atoms with Crippen molar-refractivity contribution in [3.8, 4) is 0 Å². The Labute approximate surface area is 215 Å². The first kappa shape index (κ1) is 25.5. The van der Waals surface area contributed by atoms with Crippen LogP contribution in [0.5, 0.6) is 0 Å². The Bertz CT molecular complexity index is 1300. The lowest BCUT2D eigenvalue weighted by atomic mass is 9.93. The number of rotatable bonds is 5. The summed E-state index contributed by atoms with van der Waals surface area (Å²) in [7, 11) is 0. The van der Waals surface area contributed by atoms with Crippen molar-refractivity contribution < 1.29 is 9.59 Å². The number of nitrogens with two attached hydrogens (primary N) is 1. The summed E-state index contributed by atoms with van der Waals surface area (Å²) in [6.45, 7) is 9.73. The number of amides is 1. The molecule has 2 aromatic rings. The van der Waals surface area contributed by atoms with E-state index in [-0.39, 0.29) is 35.6 Å². The molecule has 0 radical (unpaired) electrons. The van der Waals surface area contributed by atoms with Crippen LogP contribution >= 0.6 is 11.6 Å². The molecule has 0 aromatic carbocycles. The zero-order valence-electron chi connectivity index (χ0n) is 21.1. The number of allylic oxidation sites excluding steroid dienone is 3. The smallest absolute Gasteiger partial charge is 0.262 e. The maximum Gasteiger partial charge on any atom is 0.262 e. The summed E-state index contributed by atoms with van der Waals surface area (Å²) in [6.07, 6.45) is 5.68. The van der Waals surface area contributed by atoms with E-state index < -0.39 is 0 Å². The molecule has 10 heteroatoms. The molecule has 0 spiro atoms. The van der Waals surface area contributed by atoms with Gasteiger partial charge in [-0.2, -0.15) is 4.98 Å². The molecule has 0 bridgehead atoms. The molecular weight excluding hydrogens is 478 g/mol. The van der Waals surface area contributed by atoms with Gasteiger partial charge in [0.05, 0.1) is 17.6 Å². The van der Waals surface area contributed by atoms with Gasteiger partial charge in [-0.1, -0.05) is 30.7 Å². The Balaban J connectivity index is 1.89. The minimum Gasteiger partial charge on any atom is -0.368 e. The zero-order valence-corrected chi connectivity index (χ0v) is 21.8. The Hall–Kier alpha value is -3.59. The number of aliphatic imine (C=N–C) groups is 1. The third kappa shape index (κ3) is 4.63. The summed E-state index contributed by atoms with van der Waals surface area (Å²) in [5.41, 5.74) is 7.49. The van der Waals surface area contributed by atoms with Gasteiger partial charge in [0.15, 0.2) is 5.78 Å². The third-order valence-corrected chi connectivity index (χ3v) is 6.94. The van der Waals surface area contributed by atoms with Gasteiger partial charge in [0, 0.05) is 35.0 Å². The van der Waals surface area contributed by atoms with Crippen molar-refractivity contribution in [3.63, 3.8) is 0 Å². The molecule has 188 valence electrons. The molecule has 3 unspecified atom stereocenters. The fraction of sp³-hybridized carbons (Fsp3) is 0.385. The van der Waals surface area contributed by atoms with E-state index in [4.69, 9.17) is 22.3 Å². The van der Waals surface area contributed by atoms with E-state index in [1.807, 2.05) is 44.7 Å². The number of pyridine rings is 1. The SMILES string of the molecule is CC=CC(Cl)=C1C(=O)N(c2cccc(C)n2)C(C2CCN2c2nc(N)ncc2C(C)=O)=NC(C)C1C. The number of aryl methyl sites for hydroxylation is 1. The number of ketones is 1. The minimum absolute atomic E-state index is 0.0714. The van der Waals surface area contributed by atoms with Gasteiger partial charge in [-0.25, -0.2) is 14.9 Å². The lowest BCUT2D eigenvalue weighted by Gasteiger charge is -2.44. The first-order chi connectivity index (χ1) is 17.1. The summed E-state index contributed by atoms with van der Waals surface area (Å²) in [6, 6.07) is 4.95. The van der Waals surface area contributed by atoms with E-state index in [1.54, 1.807) is 23.1 Å². The summed E-state index contributed by atoms with van der Waals surface area (Å²) in [5.74, 6) is 0.832. The van der Waals surface area contributed by atoms with Gasteiger partial charge in [-0.05, 0) is 52.3 Å². The first-order valence-corrected chi connectivity index (χ1v) is 12.3. The minimum atomic E-state index is -0.321. The molecule has 0 aliphatic carbocycles. The second kappa shape index (κ2) is 10.2. The number of anilines is 3. The summed E-state index contributed by atoms with van der Waals surface area (Å²) < 4.78 is 0. The molecular formula is C26H30ClN7O2. The molecule has 4 heterocycles. The van der Waals surface area contributed by atoms with E-state index in [0.29, 0.717) is 46.6 Å². The predicted molar refractivity (Wildman–Crippen MR) is 142 cm³/mol. The number of nitrogens with zero attached hydrogens (tertiary/aromatic N) is 6. The van der Waals surface area contributed by atoms with Gasteiger partial charge < -0.3 is 10.6 Å². The molecule has 2 aliphatic heterocycles. The van der Waals surface area contributed by atoms with Crippen LogP contribution in [0.15, 0.2) is 52.1 Å². The lowest BCUT2D eigenvalue weighted by molar-refractivity contribution is -0.114. The summed E-state index contributed by atoms with van der Waals surface area (Å²) in [5, 5.41) is 0.379. The summed E-state index contributed by atoms with van der Waals surface area (Å²) >= 11 is 6.64. The normalized spacial score (nSPS) is 23.9. The van der Waals surface area contributed by atoms with Crippen molar-refractivity contribution in [1.82, 2.24) is 15.0 Å². The van der Waals surface area contributed by atoms with Crippen LogP contribution in [-0.2, 0) is 4.79 Å². The van der Waals surface area contributed by atoms with Crippen LogP contribution < -0.4 is 15.5 Å². The molecule has 4 rings (SSSR count). The van der Waals surface area contributed by atoms with Crippen molar-refractivity contribution in [2.75, 3.05) is 22.1 Å². The highest BCUT2D eigenvalue weighted by Crippen LogP contribution is 2.36. The average Bonchev–Trinajstić information content (AvgIpc) is 2.87. The second-order valence-electron chi connectivity index (χ2n) is 9.08. The summed E-state index contributed by atoms with van der Waals surface area (Å²) in [4.78, 5) is 48.1. The van der Waals surface area contributed by atoms with Crippen LogP contribution in [0.1, 0.15) is 50.2 Å². The first-order valence-electron chi connectivity index (χ1n) is 11.9. The number of carbonyl (C=O) groups excluding carboxylic acids is 2. The standard InChI is InChI=1S/C26H30ClN7O2/c1-6-8-19(27)22-15(3)16(4)31-24(34(25(22)36)21-10-7-9-14(2)30-21)20-11-12-33(20)23-18(17(5)35)13-29-26(28)32-23/h6-10,13,15-16,20H,11-12H2,1-5H3,(H2,28,29,32). The third-order valence-electron chi connectivity index (χ3n) is 6.61. The molecule has 1 amide bonds. The maximum absolute atomic E-state index is 14.2. The van der Waals surface area contributed by atoms with Gasteiger partial charge in [0.25, 0.3) is 5.91 Å². The molecule has 36 heavy (non-hydrogen) atoms. The molecule has 2 N–H and O–H groups in total. The van der Waals surface area contributed by atoms with Crippen molar-refractivity contribution in [2.45, 2.75) is 53.1 Å². The molecule has 0 saturated carbocycles. The predicted octanol–water partition coefficient (Wildman–Crippen LogP) is 4.08. The number of Topliss-reactive ketones (excluding diaryl/α,β-unsaturated/α-hetero) is 1. The fourth-order valence-electron chi connectivity index (χ4n) is 4.47. The zero-order chi connectivity index (χ0) is 26.1. The molecule has 9 nitrogen and oxygen atoms in total. The van der Waals surface area contributed by atoms with Crippen LogP contribution in [0.2, 0.25) is 0 Å². The van der Waals surface area contributed by atoms with Crippen LogP contribution in [0.3, 0.4) is 0 Å². The van der Waals surface area contributed by atoms with Gasteiger partial charge in [-0.3, -0.25) is 14.6 Å².